The second-order valence-corrected chi connectivity index (χ2v) is 10.5. The summed E-state index contributed by atoms with van der Waals surface area (Å²) in [4.78, 5) is 0. The van der Waals surface area contributed by atoms with Gasteiger partial charge in [-0.1, -0.05) is 50.0 Å². The molecule has 0 aliphatic carbocycles. The summed E-state index contributed by atoms with van der Waals surface area (Å²) in [5, 5.41) is 9.36. The average Bonchev–Trinajstić information content (AvgIpc) is 2.14. The number of aliphatic hydroxyl groups is 1. The molecule has 1 N–H and O–H groups in total. The van der Waals surface area contributed by atoms with E-state index in [2.05, 4.69) is 43.9 Å². The molecule has 2 heteroatoms. The fraction of sp³-hybridized carbons (Fsp3) is 0.500. The van der Waals surface area contributed by atoms with Gasteiger partial charge in [0.1, 0.15) is 0 Å². The van der Waals surface area contributed by atoms with Gasteiger partial charge in [-0.05, 0) is 17.5 Å². The highest BCUT2D eigenvalue weighted by atomic mass is 28.3. The second kappa shape index (κ2) is 4.76. The smallest absolute Gasteiger partial charge is 0.0504 e. The Labute approximate surface area is 87.8 Å². The van der Waals surface area contributed by atoms with Gasteiger partial charge in [0, 0.05) is 6.61 Å². The molecule has 1 rings (SSSR count). The minimum absolute atomic E-state index is 0.324. The van der Waals surface area contributed by atoms with Crippen molar-refractivity contribution in [3.05, 3.63) is 35.9 Å². The monoisotopic (exact) mass is 208 g/mol. The molecule has 0 heterocycles. The van der Waals surface area contributed by atoms with Crippen LogP contribution in [0.15, 0.2) is 30.3 Å². The van der Waals surface area contributed by atoms with Crippen molar-refractivity contribution in [3.8, 4) is 0 Å². The van der Waals surface area contributed by atoms with Crippen LogP contribution < -0.4 is 0 Å². The summed E-state index contributed by atoms with van der Waals surface area (Å²) in [6, 6.07) is 10.4. The minimum atomic E-state index is -1.22. The lowest BCUT2D eigenvalue weighted by Crippen LogP contribution is -2.32. The van der Waals surface area contributed by atoms with E-state index in [4.69, 9.17) is 0 Å². The van der Waals surface area contributed by atoms with E-state index >= 15 is 0 Å². The first kappa shape index (κ1) is 11.5. The molecule has 1 nitrogen and oxygen atoms in total. The summed E-state index contributed by atoms with van der Waals surface area (Å²) in [6.45, 7) is 7.27. The van der Waals surface area contributed by atoms with E-state index in [1.807, 2.05) is 6.07 Å². The zero-order valence-corrected chi connectivity index (χ0v) is 10.3. The summed E-state index contributed by atoms with van der Waals surface area (Å²) in [5.74, 6) is 0. The first-order valence-corrected chi connectivity index (χ1v) is 8.76. The maximum Gasteiger partial charge on any atom is 0.0504 e. The van der Waals surface area contributed by atoms with E-state index < -0.39 is 8.07 Å². The van der Waals surface area contributed by atoms with Gasteiger partial charge in [0.25, 0.3) is 0 Å². The predicted octanol–water partition coefficient (Wildman–Crippen LogP) is 2.93. The molecule has 1 atom stereocenters. The Morgan fingerprint density at radius 3 is 2.14 bits per heavy atom. The van der Waals surface area contributed by atoms with Crippen LogP contribution in [0.1, 0.15) is 5.56 Å². The van der Waals surface area contributed by atoms with Crippen molar-refractivity contribution in [3.63, 3.8) is 0 Å². The zero-order chi connectivity index (χ0) is 10.6. The molecule has 0 saturated heterocycles. The lowest BCUT2D eigenvalue weighted by molar-refractivity contribution is 0.285. The fourth-order valence-corrected chi connectivity index (χ4v) is 2.94. The molecule has 78 valence electrons. The molecule has 1 aromatic rings. The highest BCUT2D eigenvalue weighted by molar-refractivity contribution is 6.77. The molecule has 0 aliphatic heterocycles. The van der Waals surface area contributed by atoms with Crippen molar-refractivity contribution < 1.29 is 5.11 Å². The number of benzene rings is 1. The molecule has 0 aromatic heterocycles. The summed E-state index contributed by atoms with van der Waals surface area (Å²) < 4.78 is 0. The van der Waals surface area contributed by atoms with Gasteiger partial charge in [0.2, 0.25) is 0 Å². The molecule has 14 heavy (non-hydrogen) atoms. The zero-order valence-electron chi connectivity index (χ0n) is 9.33. The van der Waals surface area contributed by atoms with Crippen molar-refractivity contribution in [2.45, 2.75) is 31.6 Å². The van der Waals surface area contributed by atoms with Crippen LogP contribution in [-0.2, 0) is 6.42 Å². The minimum Gasteiger partial charge on any atom is -0.396 e. The van der Waals surface area contributed by atoms with Crippen LogP contribution in [-0.4, -0.2) is 19.8 Å². The van der Waals surface area contributed by atoms with E-state index in [0.29, 0.717) is 12.1 Å². The van der Waals surface area contributed by atoms with Gasteiger partial charge in [0.15, 0.2) is 0 Å². The largest absolute Gasteiger partial charge is 0.396 e. The Kier molecular flexibility index (Phi) is 3.90. The summed E-state index contributed by atoms with van der Waals surface area (Å²) in [7, 11) is -1.22. The van der Waals surface area contributed by atoms with Gasteiger partial charge in [-0.3, -0.25) is 0 Å². The van der Waals surface area contributed by atoms with Gasteiger partial charge in [-0.15, -0.1) is 0 Å². The first-order valence-electron chi connectivity index (χ1n) is 5.19. The Balaban J connectivity index is 2.67. The standard InChI is InChI=1S/C12H20OSi/c1-14(2,3)12(10-13)9-11-7-5-4-6-8-11/h4-8,12-13H,9-10H2,1-3H3. The maximum atomic E-state index is 9.36. The number of rotatable bonds is 4. The third-order valence-electron chi connectivity index (χ3n) is 2.77. The van der Waals surface area contributed by atoms with Gasteiger partial charge >= 0.3 is 0 Å². The Morgan fingerprint density at radius 1 is 1.14 bits per heavy atom. The van der Waals surface area contributed by atoms with Crippen molar-refractivity contribution in [1.82, 2.24) is 0 Å². The molecule has 0 aliphatic rings. The number of aliphatic hydroxyl groups excluding tert-OH is 1. The maximum absolute atomic E-state index is 9.36. The molecule has 0 radical (unpaired) electrons. The van der Waals surface area contributed by atoms with Crippen molar-refractivity contribution in [2.24, 2.45) is 0 Å². The van der Waals surface area contributed by atoms with Crippen LogP contribution in [0.4, 0.5) is 0 Å². The van der Waals surface area contributed by atoms with Gasteiger partial charge in [-0.25, -0.2) is 0 Å². The lowest BCUT2D eigenvalue weighted by atomic mass is 10.1. The molecular weight excluding hydrogens is 188 g/mol. The number of hydrogen-bond acceptors (Lipinski definition) is 1. The van der Waals surface area contributed by atoms with Crippen molar-refractivity contribution >= 4 is 8.07 Å². The summed E-state index contributed by atoms with van der Waals surface area (Å²) in [6.07, 6.45) is 1.02. The normalized spacial score (nSPS) is 14.0. The van der Waals surface area contributed by atoms with Crippen molar-refractivity contribution in [2.75, 3.05) is 6.61 Å². The van der Waals surface area contributed by atoms with E-state index in [9.17, 15) is 5.11 Å². The molecule has 0 amide bonds. The van der Waals surface area contributed by atoms with Crippen LogP contribution >= 0.6 is 0 Å². The predicted molar refractivity (Wildman–Crippen MR) is 64.3 cm³/mol. The average molecular weight is 208 g/mol. The van der Waals surface area contributed by atoms with Crippen LogP contribution in [0.2, 0.25) is 25.2 Å². The Bertz CT molecular complexity index is 263. The topological polar surface area (TPSA) is 20.2 Å². The summed E-state index contributed by atoms with van der Waals surface area (Å²) in [5.41, 5.74) is 1.82. The molecule has 0 fully saturated rings. The lowest BCUT2D eigenvalue weighted by Gasteiger charge is -2.27. The molecule has 0 saturated carbocycles. The highest BCUT2D eigenvalue weighted by Crippen LogP contribution is 2.25. The Hall–Kier alpha value is -0.603. The molecule has 1 aromatic carbocycles. The van der Waals surface area contributed by atoms with Crippen LogP contribution in [0.3, 0.4) is 0 Å². The molecular formula is C12H20OSi. The first-order chi connectivity index (χ1) is 6.54. The van der Waals surface area contributed by atoms with Crippen LogP contribution in [0.25, 0.3) is 0 Å². The van der Waals surface area contributed by atoms with E-state index in [1.165, 1.54) is 5.56 Å². The van der Waals surface area contributed by atoms with Gasteiger partial charge in [0.05, 0.1) is 8.07 Å². The summed E-state index contributed by atoms with van der Waals surface area (Å²) >= 11 is 0. The van der Waals surface area contributed by atoms with E-state index in [-0.39, 0.29) is 0 Å². The molecule has 1 unspecified atom stereocenters. The van der Waals surface area contributed by atoms with E-state index in [1.54, 1.807) is 0 Å². The fourth-order valence-electron chi connectivity index (χ4n) is 1.54. The third-order valence-corrected chi connectivity index (χ3v) is 5.61. The molecule has 0 spiro atoms. The second-order valence-electron chi connectivity index (χ2n) is 4.94. The SMILES string of the molecule is C[Si](C)(C)C(CO)Cc1ccccc1. The third kappa shape index (κ3) is 3.27. The highest BCUT2D eigenvalue weighted by Gasteiger charge is 2.25. The van der Waals surface area contributed by atoms with Crippen molar-refractivity contribution in [1.29, 1.82) is 0 Å². The Morgan fingerprint density at radius 2 is 1.71 bits per heavy atom. The number of hydrogen-bond donors (Lipinski definition) is 1. The van der Waals surface area contributed by atoms with E-state index in [0.717, 1.165) is 6.42 Å². The van der Waals surface area contributed by atoms with Gasteiger partial charge < -0.3 is 5.11 Å². The van der Waals surface area contributed by atoms with Crippen LogP contribution in [0, 0.1) is 0 Å². The quantitative estimate of drug-likeness (QED) is 0.754. The van der Waals surface area contributed by atoms with Crippen LogP contribution in [0.5, 0.6) is 0 Å². The molecule has 0 bridgehead atoms. The van der Waals surface area contributed by atoms with Gasteiger partial charge in [-0.2, -0.15) is 0 Å².